The highest BCUT2D eigenvalue weighted by molar-refractivity contribution is 9.10. The average molecular weight is 371 g/mol. The van der Waals surface area contributed by atoms with Gasteiger partial charge in [-0.05, 0) is 44.0 Å². The van der Waals surface area contributed by atoms with Gasteiger partial charge in [0.25, 0.3) is 0 Å². The summed E-state index contributed by atoms with van der Waals surface area (Å²) in [5.74, 6) is -0.209. The van der Waals surface area contributed by atoms with Gasteiger partial charge >= 0.3 is 0 Å². The van der Waals surface area contributed by atoms with Crippen molar-refractivity contribution in [2.75, 3.05) is 6.54 Å². The number of thiazole rings is 1. The molecule has 0 saturated heterocycles. The van der Waals surface area contributed by atoms with Crippen LogP contribution >= 0.6 is 27.3 Å². The SMILES string of the molecule is CCCNC(Cc1nc(C)cs1)Cc1ccc(F)cc1Br. The lowest BCUT2D eigenvalue weighted by Gasteiger charge is -2.18. The Kier molecular flexibility index (Phi) is 6.33. The first-order chi connectivity index (χ1) is 10.1. The molecule has 1 heterocycles. The van der Waals surface area contributed by atoms with Crippen molar-refractivity contribution >= 4 is 27.3 Å². The molecule has 0 aliphatic rings. The fourth-order valence-corrected chi connectivity index (χ4v) is 3.59. The number of nitrogens with one attached hydrogen (secondary N) is 1. The zero-order valence-corrected chi connectivity index (χ0v) is 14.7. The normalized spacial score (nSPS) is 12.6. The van der Waals surface area contributed by atoms with Crippen LogP contribution < -0.4 is 5.32 Å². The monoisotopic (exact) mass is 370 g/mol. The van der Waals surface area contributed by atoms with Crippen LogP contribution in [0.2, 0.25) is 0 Å². The van der Waals surface area contributed by atoms with Gasteiger partial charge in [0.1, 0.15) is 5.82 Å². The summed E-state index contributed by atoms with van der Waals surface area (Å²) in [6, 6.07) is 5.22. The van der Waals surface area contributed by atoms with Crippen LogP contribution in [0.5, 0.6) is 0 Å². The highest BCUT2D eigenvalue weighted by atomic mass is 79.9. The molecule has 21 heavy (non-hydrogen) atoms. The zero-order chi connectivity index (χ0) is 15.2. The molecule has 0 spiro atoms. The molecule has 2 aromatic rings. The lowest BCUT2D eigenvalue weighted by Crippen LogP contribution is -2.34. The molecular weight excluding hydrogens is 351 g/mol. The molecule has 0 aliphatic heterocycles. The molecule has 114 valence electrons. The fourth-order valence-electron chi connectivity index (χ4n) is 2.22. The predicted molar refractivity (Wildman–Crippen MR) is 90.4 cm³/mol. The van der Waals surface area contributed by atoms with Crippen LogP contribution in [0.1, 0.15) is 29.6 Å². The van der Waals surface area contributed by atoms with Crippen LogP contribution in [0.25, 0.3) is 0 Å². The van der Waals surface area contributed by atoms with Gasteiger partial charge in [-0.3, -0.25) is 0 Å². The summed E-state index contributed by atoms with van der Waals surface area (Å²) < 4.78 is 14.0. The van der Waals surface area contributed by atoms with Gasteiger partial charge in [-0.15, -0.1) is 11.3 Å². The summed E-state index contributed by atoms with van der Waals surface area (Å²) in [5, 5.41) is 6.81. The van der Waals surface area contributed by atoms with Crippen LogP contribution in [0.15, 0.2) is 28.1 Å². The number of aryl methyl sites for hydroxylation is 1. The molecule has 1 aromatic carbocycles. The summed E-state index contributed by atoms with van der Waals surface area (Å²) >= 11 is 5.16. The third kappa shape index (κ3) is 5.16. The van der Waals surface area contributed by atoms with E-state index in [1.54, 1.807) is 11.3 Å². The molecular formula is C16H20BrFN2S. The summed E-state index contributed by atoms with van der Waals surface area (Å²) in [5.41, 5.74) is 2.20. The molecule has 0 saturated carbocycles. The summed E-state index contributed by atoms with van der Waals surface area (Å²) in [6.07, 6.45) is 2.86. The topological polar surface area (TPSA) is 24.9 Å². The number of benzene rings is 1. The van der Waals surface area contributed by atoms with E-state index < -0.39 is 0 Å². The van der Waals surface area contributed by atoms with Gasteiger partial charge < -0.3 is 5.32 Å². The Morgan fingerprint density at radius 2 is 2.19 bits per heavy atom. The van der Waals surface area contributed by atoms with E-state index in [9.17, 15) is 4.39 Å². The number of hydrogen-bond acceptors (Lipinski definition) is 3. The van der Waals surface area contributed by atoms with Gasteiger partial charge in [0.15, 0.2) is 0 Å². The van der Waals surface area contributed by atoms with Crippen molar-refractivity contribution in [1.82, 2.24) is 10.3 Å². The smallest absolute Gasteiger partial charge is 0.124 e. The Bertz CT molecular complexity index is 585. The van der Waals surface area contributed by atoms with Gasteiger partial charge in [0.2, 0.25) is 0 Å². The lowest BCUT2D eigenvalue weighted by atomic mass is 10.0. The minimum Gasteiger partial charge on any atom is -0.313 e. The Labute approximate surface area is 137 Å². The van der Waals surface area contributed by atoms with Crippen molar-refractivity contribution in [2.45, 2.75) is 39.2 Å². The van der Waals surface area contributed by atoms with E-state index in [-0.39, 0.29) is 5.82 Å². The van der Waals surface area contributed by atoms with E-state index in [4.69, 9.17) is 0 Å². The number of nitrogens with zero attached hydrogens (tertiary/aromatic N) is 1. The van der Waals surface area contributed by atoms with Crippen LogP contribution in [-0.2, 0) is 12.8 Å². The first-order valence-electron chi connectivity index (χ1n) is 7.16. The second kappa shape index (κ2) is 8.01. The summed E-state index contributed by atoms with van der Waals surface area (Å²) in [6.45, 7) is 5.16. The molecule has 0 amide bonds. The predicted octanol–water partition coefficient (Wildman–Crippen LogP) is 4.51. The number of aromatic nitrogens is 1. The van der Waals surface area contributed by atoms with E-state index in [0.29, 0.717) is 6.04 Å². The molecule has 1 N–H and O–H groups in total. The van der Waals surface area contributed by atoms with E-state index in [1.165, 1.54) is 12.1 Å². The van der Waals surface area contributed by atoms with Crippen LogP contribution in [0.3, 0.4) is 0 Å². The molecule has 2 rings (SSSR count). The maximum absolute atomic E-state index is 13.2. The molecule has 0 bridgehead atoms. The molecule has 5 heteroatoms. The van der Waals surface area contributed by atoms with E-state index in [1.807, 2.05) is 13.0 Å². The van der Waals surface area contributed by atoms with Crippen molar-refractivity contribution < 1.29 is 4.39 Å². The van der Waals surface area contributed by atoms with Gasteiger partial charge in [-0.2, -0.15) is 0 Å². The summed E-state index contributed by atoms with van der Waals surface area (Å²) in [7, 11) is 0. The minimum absolute atomic E-state index is 0.209. The third-order valence-electron chi connectivity index (χ3n) is 3.25. The van der Waals surface area contributed by atoms with Gasteiger partial charge in [-0.1, -0.05) is 28.9 Å². The minimum atomic E-state index is -0.209. The molecule has 0 radical (unpaired) electrons. The van der Waals surface area contributed by atoms with Crippen molar-refractivity contribution in [3.05, 3.63) is 50.1 Å². The highest BCUT2D eigenvalue weighted by Gasteiger charge is 2.14. The highest BCUT2D eigenvalue weighted by Crippen LogP contribution is 2.21. The quantitative estimate of drug-likeness (QED) is 0.775. The maximum atomic E-state index is 13.2. The molecule has 1 aromatic heterocycles. The standard InChI is InChI=1S/C16H20BrFN2S/c1-3-6-19-14(9-16-20-11(2)10-21-16)7-12-4-5-13(18)8-15(12)17/h4-5,8,10,14,19H,3,6-7,9H2,1-2H3. The third-order valence-corrected chi connectivity index (χ3v) is 4.98. The number of halogens is 2. The lowest BCUT2D eigenvalue weighted by molar-refractivity contribution is 0.502. The first kappa shape index (κ1) is 16.6. The second-order valence-corrected chi connectivity index (χ2v) is 6.97. The van der Waals surface area contributed by atoms with Crippen molar-refractivity contribution in [3.63, 3.8) is 0 Å². The molecule has 0 aliphatic carbocycles. The van der Waals surface area contributed by atoms with Crippen molar-refractivity contribution in [3.8, 4) is 0 Å². The van der Waals surface area contributed by atoms with Crippen molar-refractivity contribution in [1.29, 1.82) is 0 Å². The number of hydrogen-bond donors (Lipinski definition) is 1. The average Bonchev–Trinajstić information content (AvgIpc) is 2.84. The Balaban J connectivity index is 2.08. The first-order valence-corrected chi connectivity index (χ1v) is 8.84. The molecule has 1 unspecified atom stereocenters. The van der Waals surface area contributed by atoms with E-state index in [0.717, 1.165) is 46.5 Å². The Morgan fingerprint density at radius 1 is 1.38 bits per heavy atom. The van der Waals surface area contributed by atoms with Gasteiger partial charge in [-0.25, -0.2) is 9.37 Å². The van der Waals surface area contributed by atoms with Crippen LogP contribution in [0.4, 0.5) is 4.39 Å². The number of rotatable bonds is 7. The Hall–Kier alpha value is -0.780. The zero-order valence-electron chi connectivity index (χ0n) is 12.3. The van der Waals surface area contributed by atoms with E-state index >= 15 is 0 Å². The molecule has 2 nitrogen and oxygen atoms in total. The Morgan fingerprint density at radius 3 is 2.81 bits per heavy atom. The molecule has 1 atom stereocenters. The van der Waals surface area contributed by atoms with Crippen LogP contribution in [-0.4, -0.2) is 17.6 Å². The maximum Gasteiger partial charge on any atom is 0.124 e. The second-order valence-electron chi connectivity index (χ2n) is 5.18. The van der Waals surface area contributed by atoms with E-state index in [2.05, 4.69) is 38.5 Å². The molecule has 0 fully saturated rings. The summed E-state index contributed by atoms with van der Waals surface area (Å²) in [4.78, 5) is 4.54. The largest absolute Gasteiger partial charge is 0.313 e. The van der Waals surface area contributed by atoms with Crippen molar-refractivity contribution in [2.24, 2.45) is 0 Å². The fraction of sp³-hybridized carbons (Fsp3) is 0.438. The van der Waals surface area contributed by atoms with Gasteiger partial charge in [0, 0.05) is 28.0 Å². The van der Waals surface area contributed by atoms with Gasteiger partial charge in [0.05, 0.1) is 5.01 Å². The van der Waals surface area contributed by atoms with Crippen LogP contribution in [0, 0.1) is 12.7 Å².